The largest absolute Gasteiger partial charge is 0.356 e. The Hall–Kier alpha value is -2.20. The van der Waals surface area contributed by atoms with Gasteiger partial charge in [-0.3, -0.25) is 14.2 Å². The SMILES string of the molecule is CC(=O)NCCCc1nnc(SCC(=O)c2ccccc2)n1-c1ccc(I)cc1. The molecule has 3 aromatic rings. The summed E-state index contributed by atoms with van der Waals surface area (Å²) in [5, 5.41) is 12.2. The van der Waals surface area contributed by atoms with Crippen molar-refractivity contribution in [3.05, 3.63) is 69.6 Å². The Morgan fingerprint density at radius 3 is 2.48 bits per heavy atom. The first-order valence-electron chi connectivity index (χ1n) is 9.20. The molecule has 6 nitrogen and oxygen atoms in total. The summed E-state index contributed by atoms with van der Waals surface area (Å²) in [7, 11) is 0. The summed E-state index contributed by atoms with van der Waals surface area (Å²) in [5.41, 5.74) is 1.65. The van der Waals surface area contributed by atoms with Gasteiger partial charge in [-0.25, -0.2) is 0 Å². The van der Waals surface area contributed by atoms with Crippen LogP contribution in [-0.2, 0) is 11.2 Å². The van der Waals surface area contributed by atoms with E-state index < -0.39 is 0 Å². The van der Waals surface area contributed by atoms with Crippen LogP contribution in [0, 0.1) is 3.57 Å². The molecule has 0 aliphatic carbocycles. The second kappa shape index (κ2) is 10.5. The third kappa shape index (κ3) is 6.14. The van der Waals surface area contributed by atoms with Crippen LogP contribution in [0.3, 0.4) is 0 Å². The quantitative estimate of drug-likeness (QED) is 0.200. The van der Waals surface area contributed by atoms with Gasteiger partial charge in [0.2, 0.25) is 5.91 Å². The van der Waals surface area contributed by atoms with Gasteiger partial charge >= 0.3 is 0 Å². The van der Waals surface area contributed by atoms with Crippen molar-refractivity contribution in [2.45, 2.75) is 24.9 Å². The van der Waals surface area contributed by atoms with Gasteiger partial charge < -0.3 is 5.32 Å². The lowest BCUT2D eigenvalue weighted by molar-refractivity contribution is -0.118. The van der Waals surface area contributed by atoms with Crippen LogP contribution in [-0.4, -0.2) is 38.8 Å². The maximum atomic E-state index is 12.5. The van der Waals surface area contributed by atoms with Crippen molar-refractivity contribution in [2.24, 2.45) is 0 Å². The molecule has 0 atom stereocenters. The molecule has 0 aliphatic rings. The number of nitrogens with zero attached hydrogens (tertiary/aromatic N) is 3. The summed E-state index contributed by atoms with van der Waals surface area (Å²) in [5.74, 6) is 1.12. The number of halogens is 1. The van der Waals surface area contributed by atoms with Gasteiger partial charge in [0.25, 0.3) is 0 Å². The molecule has 8 heteroatoms. The highest BCUT2D eigenvalue weighted by Gasteiger charge is 2.16. The molecule has 1 amide bonds. The first kappa shape index (κ1) is 21.5. The first-order chi connectivity index (χ1) is 14.0. The normalized spacial score (nSPS) is 10.7. The average Bonchev–Trinajstić information content (AvgIpc) is 3.13. The Labute approximate surface area is 187 Å². The number of hydrogen-bond donors (Lipinski definition) is 1. The Morgan fingerprint density at radius 1 is 1.07 bits per heavy atom. The highest BCUT2D eigenvalue weighted by molar-refractivity contribution is 14.1. The molecule has 150 valence electrons. The van der Waals surface area contributed by atoms with Crippen LogP contribution in [0.2, 0.25) is 0 Å². The minimum atomic E-state index is -0.0419. The average molecular weight is 520 g/mol. The van der Waals surface area contributed by atoms with E-state index in [9.17, 15) is 9.59 Å². The zero-order valence-electron chi connectivity index (χ0n) is 16.0. The summed E-state index contributed by atoms with van der Waals surface area (Å²) < 4.78 is 3.13. The number of aromatic nitrogens is 3. The highest BCUT2D eigenvalue weighted by Crippen LogP contribution is 2.24. The van der Waals surface area contributed by atoms with E-state index in [1.165, 1.54) is 18.7 Å². The third-order valence-corrected chi connectivity index (χ3v) is 5.81. The number of carbonyl (C=O) groups excluding carboxylic acids is 2. The van der Waals surface area contributed by atoms with Gasteiger partial charge in [0.15, 0.2) is 10.9 Å². The summed E-state index contributed by atoms with van der Waals surface area (Å²) in [4.78, 5) is 23.5. The van der Waals surface area contributed by atoms with Crippen LogP contribution in [0.25, 0.3) is 5.69 Å². The first-order valence-corrected chi connectivity index (χ1v) is 11.3. The van der Waals surface area contributed by atoms with Crippen molar-refractivity contribution < 1.29 is 9.59 Å². The van der Waals surface area contributed by atoms with Crippen LogP contribution in [0.15, 0.2) is 59.8 Å². The molecule has 0 fully saturated rings. The maximum Gasteiger partial charge on any atom is 0.216 e. The zero-order valence-corrected chi connectivity index (χ0v) is 18.9. The van der Waals surface area contributed by atoms with E-state index in [0.717, 1.165) is 21.5 Å². The minimum Gasteiger partial charge on any atom is -0.356 e. The molecule has 0 aliphatic heterocycles. The second-order valence-electron chi connectivity index (χ2n) is 6.38. The Kier molecular flexibility index (Phi) is 7.82. The van der Waals surface area contributed by atoms with Gasteiger partial charge in [0.05, 0.1) is 5.75 Å². The number of aryl methyl sites for hydroxylation is 1. The van der Waals surface area contributed by atoms with Gasteiger partial charge in [-0.05, 0) is 53.3 Å². The van der Waals surface area contributed by atoms with E-state index in [-0.39, 0.29) is 11.7 Å². The number of carbonyl (C=O) groups is 2. The van der Waals surface area contributed by atoms with Gasteiger partial charge in [-0.2, -0.15) is 0 Å². The van der Waals surface area contributed by atoms with E-state index in [1.54, 1.807) is 0 Å². The number of nitrogens with one attached hydrogen (secondary N) is 1. The third-order valence-electron chi connectivity index (χ3n) is 4.16. The van der Waals surface area contributed by atoms with Crippen molar-refractivity contribution in [3.8, 4) is 5.69 Å². The zero-order chi connectivity index (χ0) is 20.6. The Balaban J connectivity index is 1.77. The Morgan fingerprint density at radius 2 is 1.79 bits per heavy atom. The van der Waals surface area contributed by atoms with Crippen LogP contribution in [0.4, 0.5) is 0 Å². The molecule has 0 radical (unpaired) electrons. The number of thioether (sulfide) groups is 1. The molecule has 0 saturated carbocycles. The lowest BCUT2D eigenvalue weighted by Gasteiger charge is -2.10. The van der Waals surface area contributed by atoms with Crippen molar-refractivity contribution in [2.75, 3.05) is 12.3 Å². The fourth-order valence-corrected chi connectivity index (χ4v) is 3.98. The molecular weight excluding hydrogens is 499 g/mol. The standard InChI is InChI=1S/C21H21IN4O2S/c1-15(27)23-13-5-8-20-24-25-21(26(20)18-11-9-17(22)10-12-18)29-14-19(28)16-6-3-2-4-7-16/h2-4,6-7,9-12H,5,8,13-14H2,1H3,(H,23,27). The molecule has 0 spiro atoms. The predicted octanol–water partition coefficient (Wildman–Crippen LogP) is 3.92. The van der Waals surface area contributed by atoms with Gasteiger partial charge in [-0.15, -0.1) is 10.2 Å². The van der Waals surface area contributed by atoms with Crippen LogP contribution in [0.1, 0.15) is 29.5 Å². The van der Waals surface area contributed by atoms with Gasteiger partial charge in [0, 0.05) is 34.7 Å². The molecule has 0 unspecified atom stereocenters. The van der Waals surface area contributed by atoms with E-state index >= 15 is 0 Å². The number of benzene rings is 2. The number of Topliss-reactive ketones (excluding diaryl/α,β-unsaturated/α-hetero) is 1. The van der Waals surface area contributed by atoms with Crippen LogP contribution >= 0.6 is 34.4 Å². The van der Waals surface area contributed by atoms with E-state index in [0.29, 0.717) is 29.4 Å². The van der Waals surface area contributed by atoms with Crippen LogP contribution in [0.5, 0.6) is 0 Å². The molecule has 2 aromatic carbocycles. The molecular formula is C21H21IN4O2S. The maximum absolute atomic E-state index is 12.5. The fraction of sp³-hybridized carbons (Fsp3) is 0.238. The molecule has 1 N–H and O–H groups in total. The molecule has 0 saturated heterocycles. The molecule has 3 rings (SSSR count). The van der Waals surface area contributed by atoms with Crippen molar-refractivity contribution in [3.63, 3.8) is 0 Å². The number of ketones is 1. The fourth-order valence-electron chi connectivity index (χ4n) is 2.75. The number of amides is 1. The van der Waals surface area contributed by atoms with E-state index in [1.807, 2.05) is 59.2 Å². The smallest absolute Gasteiger partial charge is 0.216 e. The summed E-state index contributed by atoms with van der Waals surface area (Å²) >= 11 is 3.65. The molecule has 1 heterocycles. The topological polar surface area (TPSA) is 76.9 Å². The second-order valence-corrected chi connectivity index (χ2v) is 8.56. The number of rotatable bonds is 9. The number of hydrogen-bond acceptors (Lipinski definition) is 5. The van der Waals surface area contributed by atoms with E-state index in [2.05, 4.69) is 38.1 Å². The lowest BCUT2D eigenvalue weighted by Crippen LogP contribution is -2.21. The molecule has 29 heavy (non-hydrogen) atoms. The van der Waals surface area contributed by atoms with Crippen LogP contribution < -0.4 is 5.32 Å². The highest BCUT2D eigenvalue weighted by atomic mass is 127. The monoisotopic (exact) mass is 520 g/mol. The van der Waals surface area contributed by atoms with Gasteiger partial charge in [0.1, 0.15) is 5.82 Å². The summed E-state index contributed by atoms with van der Waals surface area (Å²) in [6.07, 6.45) is 1.43. The molecule has 1 aromatic heterocycles. The Bertz CT molecular complexity index is 974. The lowest BCUT2D eigenvalue weighted by atomic mass is 10.2. The minimum absolute atomic E-state index is 0.0419. The summed E-state index contributed by atoms with van der Waals surface area (Å²) in [6.45, 7) is 2.09. The summed E-state index contributed by atoms with van der Waals surface area (Å²) in [6, 6.07) is 17.3. The van der Waals surface area contributed by atoms with Gasteiger partial charge in [-0.1, -0.05) is 42.1 Å². The van der Waals surface area contributed by atoms with Crippen molar-refractivity contribution in [1.82, 2.24) is 20.1 Å². The van der Waals surface area contributed by atoms with Crippen molar-refractivity contribution >= 4 is 46.0 Å². The predicted molar refractivity (Wildman–Crippen MR) is 123 cm³/mol. The molecule has 0 bridgehead atoms. The van der Waals surface area contributed by atoms with Crippen molar-refractivity contribution in [1.29, 1.82) is 0 Å². The van der Waals surface area contributed by atoms with E-state index in [4.69, 9.17) is 0 Å².